The van der Waals surface area contributed by atoms with Crippen LogP contribution in [-0.2, 0) is 11.3 Å². The van der Waals surface area contributed by atoms with Gasteiger partial charge in [0, 0.05) is 19.0 Å². The number of nitrogens with zero attached hydrogens (tertiary/aromatic N) is 1. The quantitative estimate of drug-likeness (QED) is 0.746. The fourth-order valence-electron chi connectivity index (χ4n) is 2.37. The molecule has 2 heteroatoms. The SMILES string of the molecule is CC(C)C1CC=CCN(Cc2ccccc2)C1=O. The highest BCUT2D eigenvalue weighted by molar-refractivity contribution is 5.79. The number of hydrogen-bond acceptors (Lipinski definition) is 1. The van der Waals surface area contributed by atoms with E-state index in [0.29, 0.717) is 18.4 Å². The summed E-state index contributed by atoms with van der Waals surface area (Å²) in [7, 11) is 0. The van der Waals surface area contributed by atoms with Gasteiger partial charge in [-0.05, 0) is 17.9 Å². The van der Waals surface area contributed by atoms with E-state index in [1.807, 2.05) is 23.1 Å². The molecular formula is C16H21NO. The molecule has 2 rings (SSSR count). The van der Waals surface area contributed by atoms with Crippen molar-refractivity contribution in [1.29, 1.82) is 0 Å². The summed E-state index contributed by atoms with van der Waals surface area (Å²) < 4.78 is 0. The minimum atomic E-state index is 0.132. The zero-order chi connectivity index (χ0) is 13.0. The second-order valence-electron chi connectivity index (χ2n) is 5.26. The van der Waals surface area contributed by atoms with Gasteiger partial charge in [0.25, 0.3) is 0 Å². The van der Waals surface area contributed by atoms with E-state index in [0.717, 1.165) is 13.0 Å². The average molecular weight is 243 g/mol. The Morgan fingerprint density at radius 1 is 1.22 bits per heavy atom. The number of carbonyl (C=O) groups is 1. The summed E-state index contributed by atoms with van der Waals surface area (Å²) in [5.74, 6) is 0.824. The van der Waals surface area contributed by atoms with Gasteiger partial charge in [0.1, 0.15) is 0 Å². The lowest BCUT2D eigenvalue weighted by Crippen LogP contribution is -2.36. The first-order valence-electron chi connectivity index (χ1n) is 6.66. The van der Waals surface area contributed by atoms with Crippen LogP contribution in [0.2, 0.25) is 0 Å². The van der Waals surface area contributed by atoms with Crippen molar-refractivity contribution in [2.75, 3.05) is 6.54 Å². The van der Waals surface area contributed by atoms with Crippen LogP contribution in [0.3, 0.4) is 0 Å². The van der Waals surface area contributed by atoms with Crippen LogP contribution in [0.4, 0.5) is 0 Å². The third-order valence-corrected chi connectivity index (χ3v) is 3.53. The van der Waals surface area contributed by atoms with Crippen LogP contribution >= 0.6 is 0 Å². The van der Waals surface area contributed by atoms with Crippen molar-refractivity contribution in [3.8, 4) is 0 Å². The van der Waals surface area contributed by atoms with Crippen molar-refractivity contribution in [2.24, 2.45) is 11.8 Å². The topological polar surface area (TPSA) is 20.3 Å². The third kappa shape index (κ3) is 3.00. The van der Waals surface area contributed by atoms with Gasteiger partial charge in [0.05, 0.1) is 0 Å². The van der Waals surface area contributed by atoms with E-state index in [4.69, 9.17) is 0 Å². The van der Waals surface area contributed by atoms with Crippen LogP contribution in [0.5, 0.6) is 0 Å². The van der Waals surface area contributed by atoms with Gasteiger partial charge in [0.2, 0.25) is 5.91 Å². The molecule has 0 bridgehead atoms. The predicted octanol–water partition coefficient (Wildman–Crippen LogP) is 3.25. The molecule has 0 saturated heterocycles. The Morgan fingerprint density at radius 3 is 2.61 bits per heavy atom. The van der Waals surface area contributed by atoms with Gasteiger partial charge in [-0.2, -0.15) is 0 Å². The fourth-order valence-corrected chi connectivity index (χ4v) is 2.37. The van der Waals surface area contributed by atoms with Crippen molar-refractivity contribution >= 4 is 5.91 Å². The third-order valence-electron chi connectivity index (χ3n) is 3.53. The summed E-state index contributed by atoms with van der Waals surface area (Å²) in [4.78, 5) is 14.4. The molecule has 0 fully saturated rings. The van der Waals surface area contributed by atoms with Crippen LogP contribution in [0.25, 0.3) is 0 Å². The van der Waals surface area contributed by atoms with Gasteiger partial charge >= 0.3 is 0 Å². The smallest absolute Gasteiger partial charge is 0.226 e. The Bertz CT molecular complexity index is 422. The molecule has 1 heterocycles. The Balaban J connectivity index is 2.11. The molecule has 0 N–H and O–H groups in total. The Labute approximate surface area is 109 Å². The average Bonchev–Trinajstić information content (AvgIpc) is 2.54. The molecule has 0 aliphatic carbocycles. The first-order chi connectivity index (χ1) is 8.68. The first-order valence-corrected chi connectivity index (χ1v) is 6.66. The maximum atomic E-state index is 12.5. The van der Waals surface area contributed by atoms with Gasteiger partial charge in [0.15, 0.2) is 0 Å². The van der Waals surface area contributed by atoms with E-state index in [-0.39, 0.29) is 5.92 Å². The molecule has 2 nitrogen and oxygen atoms in total. The van der Waals surface area contributed by atoms with Gasteiger partial charge < -0.3 is 4.90 Å². The van der Waals surface area contributed by atoms with E-state index >= 15 is 0 Å². The Morgan fingerprint density at radius 2 is 1.94 bits per heavy atom. The van der Waals surface area contributed by atoms with E-state index in [1.165, 1.54) is 5.56 Å². The lowest BCUT2D eigenvalue weighted by atomic mass is 9.91. The summed E-state index contributed by atoms with van der Waals surface area (Å²) >= 11 is 0. The maximum Gasteiger partial charge on any atom is 0.226 e. The highest BCUT2D eigenvalue weighted by Gasteiger charge is 2.27. The number of allylic oxidation sites excluding steroid dienone is 1. The standard InChI is InChI=1S/C16H21NO/c1-13(2)15-10-6-7-11-17(16(15)18)12-14-8-4-3-5-9-14/h3-9,13,15H,10-12H2,1-2H3. The van der Waals surface area contributed by atoms with Gasteiger partial charge in [-0.25, -0.2) is 0 Å². The summed E-state index contributed by atoms with van der Waals surface area (Å²) in [6.07, 6.45) is 5.14. The van der Waals surface area contributed by atoms with E-state index < -0.39 is 0 Å². The summed E-state index contributed by atoms with van der Waals surface area (Å²) in [5, 5.41) is 0. The molecule has 1 aromatic carbocycles. The van der Waals surface area contributed by atoms with E-state index in [9.17, 15) is 4.79 Å². The molecule has 1 aromatic rings. The van der Waals surface area contributed by atoms with Crippen LogP contribution in [0.15, 0.2) is 42.5 Å². The number of benzene rings is 1. The van der Waals surface area contributed by atoms with Crippen molar-refractivity contribution in [2.45, 2.75) is 26.8 Å². The highest BCUT2D eigenvalue weighted by Crippen LogP contribution is 2.22. The van der Waals surface area contributed by atoms with Crippen LogP contribution in [-0.4, -0.2) is 17.4 Å². The van der Waals surface area contributed by atoms with E-state index in [1.54, 1.807) is 0 Å². The lowest BCUT2D eigenvalue weighted by Gasteiger charge is -2.26. The number of rotatable bonds is 3. The summed E-state index contributed by atoms with van der Waals surface area (Å²) in [6, 6.07) is 10.2. The zero-order valence-corrected chi connectivity index (χ0v) is 11.2. The Kier molecular flexibility index (Phi) is 4.19. The minimum absolute atomic E-state index is 0.132. The Hall–Kier alpha value is -1.57. The van der Waals surface area contributed by atoms with Crippen LogP contribution < -0.4 is 0 Å². The largest absolute Gasteiger partial charge is 0.334 e. The molecule has 1 aliphatic heterocycles. The van der Waals surface area contributed by atoms with Crippen molar-refractivity contribution < 1.29 is 4.79 Å². The van der Waals surface area contributed by atoms with Crippen molar-refractivity contribution in [3.05, 3.63) is 48.0 Å². The number of carbonyl (C=O) groups excluding carboxylic acids is 1. The first kappa shape index (κ1) is 12.9. The van der Waals surface area contributed by atoms with Gasteiger partial charge in [-0.1, -0.05) is 56.3 Å². The maximum absolute atomic E-state index is 12.5. The van der Waals surface area contributed by atoms with Gasteiger partial charge in [-0.3, -0.25) is 4.79 Å². The molecule has 0 aromatic heterocycles. The molecule has 1 atom stereocenters. The second kappa shape index (κ2) is 5.85. The van der Waals surface area contributed by atoms with Crippen LogP contribution in [0, 0.1) is 11.8 Å². The number of amides is 1. The molecule has 0 spiro atoms. The molecule has 1 amide bonds. The molecular weight excluding hydrogens is 222 g/mol. The minimum Gasteiger partial charge on any atom is -0.334 e. The molecule has 1 aliphatic rings. The highest BCUT2D eigenvalue weighted by atomic mass is 16.2. The second-order valence-corrected chi connectivity index (χ2v) is 5.26. The van der Waals surface area contributed by atoms with Crippen LogP contribution in [0.1, 0.15) is 25.8 Å². The van der Waals surface area contributed by atoms with Crippen molar-refractivity contribution in [1.82, 2.24) is 4.90 Å². The monoisotopic (exact) mass is 243 g/mol. The molecule has 0 radical (unpaired) electrons. The summed E-state index contributed by atoms with van der Waals surface area (Å²) in [6.45, 7) is 5.70. The number of hydrogen-bond donors (Lipinski definition) is 0. The summed E-state index contributed by atoms with van der Waals surface area (Å²) in [5.41, 5.74) is 1.20. The molecule has 96 valence electrons. The molecule has 18 heavy (non-hydrogen) atoms. The fraction of sp³-hybridized carbons (Fsp3) is 0.438. The normalized spacial score (nSPS) is 20.3. The molecule has 0 saturated carbocycles. The zero-order valence-electron chi connectivity index (χ0n) is 11.2. The van der Waals surface area contributed by atoms with Crippen molar-refractivity contribution in [3.63, 3.8) is 0 Å². The lowest BCUT2D eigenvalue weighted by molar-refractivity contribution is -0.136. The van der Waals surface area contributed by atoms with Gasteiger partial charge in [-0.15, -0.1) is 0 Å². The van der Waals surface area contributed by atoms with E-state index in [2.05, 4.69) is 38.1 Å². The predicted molar refractivity (Wildman–Crippen MR) is 73.9 cm³/mol. The molecule has 1 unspecified atom stereocenters.